The molecule has 1 fully saturated rings. The molecule has 0 unspecified atom stereocenters. The summed E-state index contributed by atoms with van der Waals surface area (Å²) in [6.45, 7) is 5.24. The predicted molar refractivity (Wildman–Crippen MR) is 51.6 cm³/mol. The maximum absolute atomic E-state index is 5.05. The van der Waals surface area contributed by atoms with Gasteiger partial charge in [0, 0.05) is 12.6 Å². The Kier molecular flexibility index (Phi) is 3.12. The summed E-state index contributed by atoms with van der Waals surface area (Å²) in [5.74, 6) is 0.886. The van der Waals surface area contributed by atoms with Crippen molar-refractivity contribution in [3.8, 4) is 0 Å². The van der Waals surface area contributed by atoms with E-state index in [1.165, 1.54) is 12.8 Å². The zero-order valence-corrected chi connectivity index (χ0v) is 8.00. The second kappa shape index (κ2) is 3.90. The molecule has 2 N–H and O–H groups in total. The standard InChI is InChI=1S/C8H16N2S/c1-3-9-8(11)10-7-4-6(2)5-7/h6-7H,3-5H2,1-2H3,(H2,9,10,11). The van der Waals surface area contributed by atoms with E-state index in [2.05, 4.69) is 24.5 Å². The van der Waals surface area contributed by atoms with Crippen LogP contribution in [0.4, 0.5) is 0 Å². The molecule has 1 aliphatic rings. The zero-order chi connectivity index (χ0) is 8.27. The minimum Gasteiger partial charge on any atom is -0.363 e. The van der Waals surface area contributed by atoms with Crippen molar-refractivity contribution in [3.63, 3.8) is 0 Å². The lowest BCUT2D eigenvalue weighted by molar-refractivity contribution is 0.267. The summed E-state index contributed by atoms with van der Waals surface area (Å²) < 4.78 is 0. The van der Waals surface area contributed by atoms with E-state index in [4.69, 9.17) is 12.2 Å². The Hall–Kier alpha value is -0.310. The van der Waals surface area contributed by atoms with Gasteiger partial charge in [-0.15, -0.1) is 0 Å². The molecule has 0 radical (unpaired) electrons. The second-order valence-corrected chi connectivity index (χ2v) is 3.69. The molecule has 0 amide bonds. The average Bonchev–Trinajstić information content (AvgIpc) is 1.85. The molecule has 1 rings (SSSR count). The van der Waals surface area contributed by atoms with Crippen LogP contribution in [0.3, 0.4) is 0 Å². The maximum Gasteiger partial charge on any atom is 0.166 e. The Morgan fingerprint density at radius 2 is 2.18 bits per heavy atom. The highest BCUT2D eigenvalue weighted by Crippen LogP contribution is 2.25. The Morgan fingerprint density at radius 3 is 2.64 bits per heavy atom. The molecule has 3 heteroatoms. The normalized spacial score (nSPS) is 28.9. The van der Waals surface area contributed by atoms with Gasteiger partial charge < -0.3 is 10.6 Å². The van der Waals surface area contributed by atoms with E-state index in [-0.39, 0.29) is 0 Å². The molecule has 0 bridgehead atoms. The summed E-state index contributed by atoms with van der Waals surface area (Å²) in [6, 6.07) is 0.636. The van der Waals surface area contributed by atoms with E-state index in [1.807, 2.05) is 0 Å². The van der Waals surface area contributed by atoms with Crippen LogP contribution in [0.15, 0.2) is 0 Å². The molecule has 0 aromatic heterocycles. The van der Waals surface area contributed by atoms with Crippen LogP contribution in [0.2, 0.25) is 0 Å². The van der Waals surface area contributed by atoms with Gasteiger partial charge in [0.2, 0.25) is 0 Å². The van der Waals surface area contributed by atoms with Gasteiger partial charge in [-0.3, -0.25) is 0 Å². The minimum atomic E-state index is 0.636. The highest BCUT2D eigenvalue weighted by molar-refractivity contribution is 7.80. The molecule has 64 valence electrons. The molecule has 0 heterocycles. The van der Waals surface area contributed by atoms with Gasteiger partial charge >= 0.3 is 0 Å². The van der Waals surface area contributed by atoms with Crippen molar-refractivity contribution in [1.82, 2.24) is 10.6 Å². The van der Waals surface area contributed by atoms with Crippen molar-refractivity contribution < 1.29 is 0 Å². The molecule has 0 atom stereocenters. The molecular formula is C8H16N2S. The fourth-order valence-corrected chi connectivity index (χ4v) is 1.73. The van der Waals surface area contributed by atoms with Crippen molar-refractivity contribution >= 4 is 17.3 Å². The summed E-state index contributed by atoms with van der Waals surface area (Å²) in [4.78, 5) is 0. The summed E-state index contributed by atoms with van der Waals surface area (Å²) >= 11 is 5.05. The average molecular weight is 172 g/mol. The van der Waals surface area contributed by atoms with Gasteiger partial charge in [-0.1, -0.05) is 6.92 Å². The zero-order valence-electron chi connectivity index (χ0n) is 7.18. The Balaban J connectivity index is 2.07. The molecule has 0 aromatic rings. The van der Waals surface area contributed by atoms with Crippen molar-refractivity contribution in [1.29, 1.82) is 0 Å². The Labute approximate surface area is 73.7 Å². The first-order valence-electron chi connectivity index (χ1n) is 4.26. The maximum atomic E-state index is 5.05. The van der Waals surface area contributed by atoms with E-state index in [9.17, 15) is 0 Å². The van der Waals surface area contributed by atoms with Gasteiger partial charge in [-0.2, -0.15) is 0 Å². The van der Waals surface area contributed by atoms with Crippen molar-refractivity contribution in [2.45, 2.75) is 32.7 Å². The lowest BCUT2D eigenvalue weighted by atomic mass is 9.82. The van der Waals surface area contributed by atoms with Crippen LogP contribution in [0.1, 0.15) is 26.7 Å². The highest BCUT2D eigenvalue weighted by Gasteiger charge is 2.25. The molecule has 0 spiro atoms. The van der Waals surface area contributed by atoms with Crippen molar-refractivity contribution in [2.75, 3.05) is 6.54 Å². The predicted octanol–water partition coefficient (Wildman–Crippen LogP) is 1.27. The number of thiocarbonyl (C=S) groups is 1. The van der Waals surface area contributed by atoms with E-state index in [0.717, 1.165) is 17.6 Å². The van der Waals surface area contributed by atoms with Crippen LogP contribution in [-0.4, -0.2) is 17.7 Å². The fraction of sp³-hybridized carbons (Fsp3) is 0.875. The lowest BCUT2D eigenvalue weighted by Crippen LogP contribution is -2.47. The van der Waals surface area contributed by atoms with Crippen LogP contribution in [0.5, 0.6) is 0 Å². The third-order valence-corrected chi connectivity index (χ3v) is 2.31. The monoisotopic (exact) mass is 172 g/mol. The third-order valence-electron chi connectivity index (χ3n) is 2.05. The summed E-state index contributed by atoms with van der Waals surface area (Å²) in [7, 11) is 0. The first kappa shape index (κ1) is 8.78. The van der Waals surface area contributed by atoms with Gasteiger partial charge in [0.05, 0.1) is 0 Å². The summed E-state index contributed by atoms with van der Waals surface area (Å²) in [5.41, 5.74) is 0. The van der Waals surface area contributed by atoms with E-state index in [1.54, 1.807) is 0 Å². The van der Waals surface area contributed by atoms with Gasteiger partial charge in [0.15, 0.2) is 5.11 Å². The van der Waals surface area contributed by atoms with Crippen LogP contribution >= 0.6 is 12.2 Å². The smallest absolute Gasteiger partial charge is 0.166 e. The third kappa shape index (κ3) is 2.66. The Morgan fingerprint density at radius 1 is 1.55 bits per heavy atom. The highest BCUT2D eigenvalue weighted by atomic mass is 32.1. The lowest BCUT2D eigenvalue weighted by Gasteiger charge is -2.34. The van der Waals surface area contributed by atoms with Crippen LogP contribution in [0, 0.1) is 5.92 Å². The quantitative estimate of drug-likeness (QED) is 0.613. The summed E-state index contributed by atoms with van der Waals surface area (Å²) in [6.07, 6.45) is 2.54. The number of hydrogen-bond acceptors (Lipinski definition) is 1. The molecular weight excluding hydrogens is 156 g/mol. The molecule has 0 saturated heterocycles. The fourth-order valence-electron chi connectivity index (χ4n) is 1.42. The minimum absolute atomic E-state index is 0.636. The number of nitrogens with one attached hydrogen (secondary N) is 2. The van der Waals surface area contributed by atoms with Crippen molar-refractivity contribution in [3.05, 3.63) is 0 Å². The van der Waals surface area contributed by atoms with Crippen LogP contribution < -0.4 is 10.6 Å². The second-order valence-electron chi connectivity index (χ2n) is 3.28. The van der Waals surface area contributed by atoms with Gasteiger partial charge in [-0.25, -0.2) is 0 Å². The first-order chi connectivity index (χ1) is 5.22. The van der Waals surface area contributed by atoms with E-state index in [0.29, 0.717) is 6.04 Å². The molecule has 2 nitrogen and oxygen atoms in total. The Bertz CT molecular complexity index is 141. The number of rotatable bonds is 2. The molecule has 0 aromatic carbocycles. The van der Waals surface area contributed by atoms with Crippen LogP contribution in [0.25, 0.3) is 0 Å². The van der Waals surface area contributed by atoms with Crippen LogP contribution in [-0.2, 0) is 0 Å². The van der Waals surface area contributed by atoms with E-state index >= 15 is 0 Å². The topological polar surface area (TPSA) is 24.1 Å². The summed E-state index contributed by atoms with van der Waals surface area (Å²) in [5, 5.41) is 7.16. The first-order valence-corrected chi connectivity index (χ1v) is 4.67. The molecule has 1 aliphatic carbocycles. The molecule has 1 saturated carbocycles. The van der Waals surface area contributed by atoms with Gasteiger partial charge in [0.1, 0.15) is 0 Å². The van der Waals surface area contributed by atoms with Crippen molar-refractivity contribution in [2.24, 2.45) is 5.92 Å². The van der Waals surface area contributed by atoms with Gasteiger partial charge in [0.25, 0.3) is 0 Å². The largest absolute Gasteiger partial charge is 0.363 e. The molecule has 0 aliphatic heterocycles. The number of hydrogen-bond donors (Lipinski definition) is 2. The van der Waals surface area contributed by atoms with E-state index < -0.39 is 0 Å². The SMILES string of the molecule is CCNC(=S)NC1CC(C)C1. The van der Waals surface area contributed by atoms with Gasteiger partial charge in [-0.05, 0) is 37.9 Å². The molecule has 11 heavy (non-hydrogen) atoms.